The lowest BCUT2D eigenvalue weighted by molar-refractivity contribution is -0.120. The fourth-order valence-corrected chi connectivity index (χ4v) is 2.90. The van der Waals surface area contributed by atoms with Gasteiger partial charge in [0.15, 0.2) is 5.82 Å². The van der Waals surface area contributed by atoms with E-state index in [2.05, 4.69) is 26.2 Å². The molecule has 1 aromatic heterocycles. The van der Waals surface area contributed by atoms with Gasteiger partial charge in [-0.25, -0.2) is 4.68 Å². The number of nitrogens with one attached hydrogen (secondary N) is 2. The molecule has 3 rings (SSSR count). The molecule has 1 atom stereocenters. The van der Waals surface area contributed by atoms with Gasteiger partial charge in [-0.3, -0.25) is 9.59 Å². The van der Waals surface area contributed by atoms with Crippen molar-refractivity contribution >= 4 is 17.5 Å². The Bertz CT molecular complexity index is 980. The first kappa shape index (κ1) is 19.2. The van der Waals surface area contributed by atoms with Crippen LogP contribution in [0.25, 0.3) is 11.4 Å². The van der Waals surface area contributed by atoms with Crippen LogP contribution in [0.5, 0.6) is 0 Å². The van der Waals surface area contributed by atoms with Crippen LogP contribution in [-0.2, 0) is 16.6 Å². The lowest BCUT2D eigenvalue weighted by Crippen LogP contribution is -2.29. The van der Waals surface area contributed by atoms with E-state index in [1.165, 1.54) is 6.92 Å². The molecule has 2 aromatic carbocycles. The third kappa shape index (κ3) is 4.79. The molecule has 0 bridgehead atoms. The number of carbonyl (C=O) groups excluding carboxylic acids is 2. The number of nitrogens with zero attached hydrogens (tertiary/aromatic N) is 4. The smallest absolute Gasteiger partial charge is 0.226 e. The van der Waals surface area contributed by atoms with Crippen LogP contribution >= 0.6 is 0 Å². The van der Waals surface area contributed by atoms with Gasteiger partial charge in [-0.2, -0.15) is 0 Å². The number of aromatic nitrogens is 4. The van der Waals surface area contributed by atoms with Crippen molar-refractivity contribution in [3.63, 3.8) is 0 Å². The van der Waals surface area contributed by atoms with Gasteiger partial charge >= 0.3 is 0 Å². The highest BCUT2D eigenvalue weighted by molar-refractivity contribution is 5.92. The monoisotopic (exact) mass is 378 g/mol. The van der Waals surface area contributed by atoms with Crippen molar-refractivity contribution in [2.75, 3.05) is 5.32 Å². The van der Waals surface area contributed by atoms with Gasteiger partial charge < -0.3 is 10.6 Å². The fourth-order valence-electron chi connectivity index (χ4n) is 2.90. The Morgan fingerprint density at radius 3 is 2.54 bits per heavy atom. The quantitative estimate of drug-likeness (QED) is 0.686. The van der Waals surface area contributed by atoms with Crippen LogP contribution < -0.4 is 10.6 Å². The number of aryl methyl sites for hydroxylation is 2. The Hall–Kier alpha value is -3.55. The molecule has 0 aliphatic rings. The van der Waals surface area contributed by atoms with E-state index in [0.717, 1.165) is 16.7 Å². The van der Waals surface area contributed by atoms with Crippen molar-refractivity contribution in [2.45, 2.75) is 26.3 Å². The summed E-state index contributed by atoms with van der Waals surface area (Å²) < 4.78 is 1.56. The molecule has 28 heavy (non-hydrogen) atoms. The van der Waals surface area contributed by atoms with Crippen molar-refractivity contribution in [3.8, 4) is 11.4 Å². The van der Waals surface area contributed by atoms with E-state index in [9.17, 15) is 9.59 Å². The summed E-state index contributed by atoms with van der Waals surface area (Å²) in [7, 11) is 1.75. The Kier molecular flexibility index (Phi) is 5.78. The average Bonchev–Trinajstić information content (AvgIpc) is 3.07. The van der Waals surface area contributed by atoms with E-state index in [4.69, 9.17) is 0 Å². The number of hydrogen-bond acceptors (Lipinski definition) is 5. The summed E-state index contributed by atoms with van der Waals surface area (Å²) >= 11 is 0. The molecule has 1 unspecified atom stereocenters. The standard InChI is InChI=1S/C20H22N6O2/c1-13-7-9-15(10-8-13)18(21-14(2)27)12-19(28)22-17-6-4-5-16(11-17)20-23-24-25-26(20)3/h4-11,18H,12H2,1-3H3,(H,21,27)(H,22,28). The van der Waals surface area contributed by atoms with Gasteiger partial charge in [-0.15, -0.1) is 5.10 Å². The summed E-state index contributed by atoms with van der Waals surface area (Å²) in [5, 5.41) is 17.1. The Morgan fingerprint density at radius 1 is 1.14 bits per heavy atom. The zero-order chi connectivity index (χ0) is 20.1. The zero-order valence-corrected chi connectivity index (χ0v) is 16.0. The first-order valence-corrected chi connectivity index (χ1v) is 8.88. The molecule has 0 radical (unpaired) electrons. The van der Waals surface area contributed by atoms with Gasteiger partial charge in [-0.1, -0.05) is 42.0 Å². The van der Waals surface area contributed by atoms with Crippen LogP contribution in [0.1, 0.15) is 30.5 Å². The van der Waals surface area contributed by atoms with Gasteiger partial charge in [0.1, 0.15) is 0 Å². The van der Waals surface area contributed by atoms with E-state index in [-0.39, 0.29) is 18.2 Å². The number of benzene rings is 2. The third-order valence-corrected chi connectivity index (χ3v) is 4.27. The first-order valence-electron chi connectivity index (χ1n) is 8.88. The Balaban J connectivity index is 1.73. The SMILES string of the molecule is CC(=O)NC(CC(=O)Nc1cccc(-c2nnnn2C)c1)c1ccc(C)cc1. The van der Waals surface area contributed by atoms with E-state index in [1.54, 1.807) is 17.8 Å². The molecule has 2 amide bonds. The molecule has 0 fully saturated rings. The highest BCUT2D eigenvalue weighted by Crippen LogP contribution is 2.22. The first-order chi connectivity index (χ1) is 13.4. The zero-order valence-electron chi connectivity index (χ0n) is 16.0. The van der Waals surface area contributed by atoms with E-state index in [1.807, 2.05) is 49.4 Å². The van der Waals surface area contributed by atoms with Gasteiger partial charge in [0.25, 0.3) is 0 Å². The van der Waals surface area contributed by atoms with E-state index < -0.39 is 6.04 Å². The molecule has 144 valence electrons. The second-order valence-corrected chi connectivity index (χ2v) is 6.62. The van der Waals surface area contributed by atoms with Crippen molar-refractivity contribution in [1.82, 2.24) is 25.5 Å². The third-order valence-electron chi connectivity index (χ3n) is 4.27. The summed E-state index contributed by atoms with van der Waals surface area (Å²) in [5.74, 6) is 0.217. The molecule has 0 aliphatic carbocycles. The molecular weight excluding hydrogens is 356 g/mol. The number of hydrogen-bond donors (Lipinski definition) is 2. The number of rotatable bonds is 6. The van der Waals surface area contributed by atoms with Crippen LogP contribution in [0.4, 0.5) is 5.69 Å². The van der Waals surface area contributed by atoms with Gasteiger partial charge in [0.05, 0.1) is 12.5 Å². The molecule has 2 N–H and O–H groups in total. The minimum absolute atomic E-state index is 0.123. The van der Waals surface area contributed by atoms with E-state index >= 15 is 0 Å². The van der Waals surface area contributed by atoms with Crippen LogP contribution in [0, 0.1) is 6.92 Å². The largest absolute Gasteiger partial charge is 0.349 e. The molecule has 8 nitrogen and oxygen atoms in total. The number of tetrazole rings is 1. The minimum Gasteiger partial charge on any atom is -0.349 e. The van der Waals surface area contributed by atoms with Crippen molar-refractivity contribution < 1.29 is 9.59 Å². The van der Waals surface area contributed by atoms with Crippen molar-refractivity contribution in [1.29, 1.82) is 0 Å². The summed E-state index contributed by atoms with van der Waals surface area (Å²) in [6, 6.07) is 14.7. The normalized spacial score (nSPS) is 11.7. The number of amides is 2. The average molecular weight is 378 g/mol. The second-order valence-electron chi connectivity index (χ2n) is 6.62. The van der Waals surface area contributed by atoms with Gasteiger partial charge in [-0.05, 0) is 35.0 Å². The summed E-state index contributed by atoms with van der Waals surface area (Å²) in [6.45, 7) is 3.43. The van der Waals surface area contributed by atoms with Crippen LogP contribution in [-0.4, -0.2) is 32.0 Å². The highest BCUT2D eigenvalue weighted by Gasteiger charge is 2.17. The van der Waals surface area contributed by atoms with E-state index in [0.29, 0.717) is 11.5 Å². The molecule has 0 aliphatic heterocycles. The summed E-state index contributed by atoms with van der Waals surface area (Å²) in [6.07, 6.45) is 0.123. The fraction of sp³-hybridized carbons (Fsp3) is 0.250. The van der Waals surface area contributed by atoms with Gasteiger partial charge in [0, 0.05) is 25.2 Å². The number of carbonyl (C=O) groups is 2. The predicted molar refractivity (Wildman–Crippen MR) is 105 cm³/mol. The van der Waals surface area contributed by atoms with Crippen LogP contribution in [0.2, 0.25) is 0 Å². The van der Waals surface area contributed by atoms with Gasteiger partial charge in [0.2, 0.25) is 11.8 Å². The maximum Gasteiger partial charge on any atom is 0.226 e. The maximum absolute atomic E-state index is 12.6. The Labute approximate surface area is 163 Å². The molecule has 1 heterocycles. The molecule has 0 saturated heterocycles. The molecule has 0 saturated carbocycles. The maximum atomic E-state index is 12.6. The molecular formula is C20H22N6O2. The van der Waals surface area contributed by atoms with Crippen molar-refractivity contribution in [3.05, 3.63) is 59.7 Å². The predicted octanol–water partition coefficient (Wildman–Crippen LogP) is 2.39. The lowest BCUT2D eigenvalue weighted by atomic mass is 10.0. The topological polar surface area (TPSA) is 102 Å². The van der Waals surface area contributed by atoms with Crippen LogP contribution in [0.15, 0.2) is 48.5 Å². The Morgan fingerprint density at radius 2 is 1.89 bits per heavy atom. The second kappa shape index (κ2) is 8.43. The number of anilines is 1. The molecule has 0 spiro atoms. The summed E-state index contributed by atoms with van der Waals surface area (Å²) in [5.41, 5.74) is 3.43. The lowest BCUT2D eigenvalue weighted by Gasteiger charge is -2.18. The molecule has 8 heteroatoms. The summed E-state index contributed by atoms with van der Waals surface area (Å²) in [4.78, 5) is 24.2. The minimum atomic E-state index is -0.399. The molecule has 3 aromatic rings. The highest BCUT2D eigenvalue weighted by atomic mass is 16.2. The van der Waals surface area contributed by atoms with Crippen LogP contribution in [0.3, 0.4) is 0 Å². The van der Waals surface area contributed by atoms with Crippen molar-refractivity contribution in [2.24, 2.45) is 7.05 Å².